The van der Waals surface area contributed by atoms with Crippen LogP contribution in [0.15, 0.2) is 30.3 Å². The number of aromatic nitrogens is 3. The van der Waals surface area contributed by atoms with Gasteiger partial charge in [0.15, 0.2) is 11.3 Å². The van der Waals surface area contributed by atoms with Crippen LogP contribution in [0, 0.1) is 6.92 Å². The van der Waals surface area contributed by atoms with Gasteiger partial charge in [0, 0.05) is 24.3 Å². The van der Waals surface area contributed by atoms with Crippen LogP contribution in [-0.2, 0) is 11.3 Å². The molecule has 3 aromatic rings. The number of halogens is 1. The van der Waals surface area contributed by atoms with Crippen molar-refractivity contribution in [1.82, 2.24) is 14.5 Å². The Kier molecular flexibility index (Phi) is 6.19. The fourth-order valence-electron chi connectivity index (χ4n) is 3.12. The van der Waals surface area contributed by atoms with Crippen molar-refractivity contribution in [2.45, 2.75) is 33.2 Å². The van der Waals surface area contributed by atoms with E-state index in [1.165, 1.54) is 7.11 Å². The molecule has 7 heteroatoms. The summed E-state index contributed by atoms with van der Waals surface area (Å²) >= 11 is 6.58. The number of nitrogens with zero attached hydrogens (tertiary/aromatic N) is 4. The van der Waals surface area contributed by atoms with Gasteiger partial charge in [-0.15, -0.1) is 0 Å². The van der Waals surface area contributed by atoms with Gasteiger partial charge in [0.2, 0.25) is 0 Å². The van der Waals surface area contributed by atoms with E-state index in [4.69, 9.17) is 16.3 Å². The van der Waals surface area contributed by atoms with E-state index in [1.807, 2.05) is 23.6 Å². The number of benzene rings is 1. The minimum Gasteiger partial charge on any atom is -0.464 e. The first kappa shape index (κ1) is 20.1. The normalized spacial score (nSPS) is 11.0. The second-order valence-electron chi connectivity index (χ2n) is 6.83. The van der Waals surface area contributed by atoms with Crippen molar-refractivity contribution in [3.8, 4) is 0 Å². The number of anilines is 1. The molecule has 0 N–H and O–H groups in total. The van der Waals surface area contributed by atoms with Crippen molar-refractivity contribution >= 4 is 34.4 Å². The molecule has 3 rings (SSSR count). The summed E-state index contributed by atoms with van der Waals surface area (Å²) < 4.78 is 6.74. The van der Waals surface area contributed by atoms with Gasteiger partial charge in [-0.3, -0.25) is 0 Å². The quantitative estimate of drug-likeness (QED) is 0.548. The van der Waals surface area contributed by atoms with E-state index in [0.29, 0.717) is 17.2 Å². The molecule has 0 fully saturated rings. The Labute approximate surface area is 170 Å². The minimum atomic E-state index is -0.468. The number of carbonyl (C=O) groups is 1. The molecule has 0 amide bonds. The van der Waals surface area contributed by atoms with E-state index >= 15 is 0 Å². The molecule has 148 valence electrons. The molecule has 0 unspecified atom stereocenters. The Bertz CT molecular complexity index is 999. The van der Waals surface area contributed by atoms with Crippen LogP contribution in [0.3, 0.4) is 0 Å². The molecular formula is C21H25ClN4O2. The van der Waals surface area contributed by atoms with Crippen LogP contribution in [0.5, 0.6) is 0 Å². The molecule has 0 bridgehead atoms. The highest BCUT2D eigenvalue weighted by Gasteiger charge is 2.15. The molecule has 0 aliphatic carbocycles. The van der Waals surface area contributed by atoms with E-state index in [2.05, 4.69) is 34.9 Å². The van der Waals surface area contributed by atoms with Crippen molar-refractivity contribution < 1.29 is 9.53 Å². The predicted molar refractivity (Wildman–Crippen MR) is 112 cm³/mol. The lowest BCUT2D eigenvalue weighted by Gasteiger charge is -2.20. The van der Waals surface area contributed by atoms with E-state index in [1.54, 1.807) is 12.1 Å². The fourth-order valence-corrected chi connectivity index (χ4v) is 3.35. The lowest BCUT2D eigenvalue weighted by Crippen LogP contribution is -2.18. The molecule has 6 nitrogen and oxygen atoms in total. The first-order valence-electron chi connectivity index (χ1n) is 9.36. The van der Waals surface area contributed by atoms with E-state index in [-0.39, 0.29) is 5.69 Å². The molecular weight excluding hydrogens is 376 g/mol. The van der Waals surface area contributed by atoms with Gasteiger partial charge in [0.25, 0.3) is 0 Å². The first-order chi connectivity index (χ1) is 13.4. The highest BCUT2D eigenvalue weighted by molar-refractivity contribution is 6.31. The molecule has 0 saturated heterocycles. The van der Waals surface area contributed by atoms with Gasteiger partial charge in [-0.05, 0) is 43.2 Å². The van der Waals surface area contributed by atoms with Gasteiger partial charge in [0.1, 0.15) is 11.3 Å². The highest BCUT2D eigenvalue weighted by atomic mass is 35.5. The summed E-state index contributed by atoms with van der Waals surface area (Å²) in [6.07, 6.45) is 2.30. The number of carbonyl (C=O) groups excluding carboxylic acids is 1. The molecule has 1 aromatic carbocycles. The number of methoxy groups -OCH3 is 1. The third-order valence-corrected chi connectivity index (χ3v) is 5.18. The Balaban J connectivity index is 1.91. The number of unbranched alkanes of at least 4 members (excludes halogenated alkanes) is 1. The Morgan fingerprint density at radius 2 is 2.04 bits per heavy atom. The van der Waals surface area contributed by atoms with Crippen LogP contribution >= 0.6 is 11.6 Å². The van der Waals surface area contributed by atoms with Crippen molar-refractivity contribution in [2.24, 2.45) is 0 Å². The summed E-state index contributed by atoms with van der Waals surface area (Å²) in [6.45, 7) is 5.62. The number of imidazole rings is 1. The van der Waals surface area contributed by atoms with Crippen LogP contribution in [0.2, 0.25) is 5.02 Å². The molecule has 0 radical (unpaired) electrons. The summed E-state index contributed by atoms with van der Waals surface area (Å²) in [5.74, 6) is 0.342. The molecule has 0 atom stereocenters. The maximum atomic E-state index is 11.8. The number of ether oxygens (including phenoxy) is 1. The average Bonchev–Trinajstić information content (AvgIpc) is 3.01. The van der Waals surface area contributed by atoms with Gasteiger partial charge in [-0.2, -0.15) is 0 Å². The summed E-state index contributed by atoms with van der Waals surface area (Å²) in [6, 6.07) is 9.52. The van der Waals surface area contributed by atoms with Crippen molar-refractivity contribution in [1.29, 1.82) is 0 Å². The Morgan fingerprint density at radius 1 is 1.25 bits per heavy atom. The molecule has 0 saturated carbocycles. The van der Waals surface area contributed by atoms with Gasteiger partial charge in [-0.1, -0.05) is 31.0 Å². The molecule has 28 heavy (non-hydrogen) atoms. The lowest BCUT2D eigenvalue weighted by atomic mass is 10.2. The highest BCUT2D eigenvalue weighted by Crippen LogP contribution is 2.26. The van der Waals surface area contributed by atoms with E-state index < -0.39 is 5.97 Å². The minimum absolute atomic E-state index is 0.259. The maximum absolute atomic E-state index is 11.8. The molecule has 0 aliphatic heterocycles. The zero-order chi connectivity index (χ0) is 20.3. The molecule has 0 aliphatic rings. The fraction of sp³-hybridized carbons (Fsp3) is 0.381. The predicted octanol–water partition coefficient (Wildman–Crippen LogP) is 4.46. The maximum Gasteiger partial charge on any atom is 0.356 e. The van der Waals surface area contributed by atoms with Gasteiger partial charge in [-0.25, -0.2) is 14.8 Å². The van der Waals surface area contributed by atoms with E-state index in [0.717, 1.165) is 42.0 Å². The van der Waals surface area contributed by atoms with Gasteiger partial charge >= 0.3 is 5.97 Å². The zero-order valence-electron chi connectivity index (χ0n) is 16.7. The number of hydrogen-bond donors (Lipinski definition) is 0. The molecule has 0 spiro atoms. The monoisotopic (exact) mass is 400 g/mol. The smallest absolute Gasteiger partial charge is 0.356 e. The average molecular weight is 401 g/mol. The second kappa shape index (κ2) is 8.61. The number of esters is 1. The van der Waals surface area contributed by atoms with Crippen LogP contribution < -0.4 is 4.90 Å². The number of rotatable bonds is 7. The van der Waals surface area contributed by atoms with Crippen LogP contribution in [-0.4, -0.2) is 41.2 Å². The van der Waals surface area contributed by atoms with Gasteiger partial charge < -0.3 is 14.2 Å². The lowest BCUT2D eigenvalue weighted by molar-refractivity contribution is 0.0594. The number of aryl methyl sites for hydroxylation is 1. The van der Waals surface area contributed by atoms with Crippen LogP contribution in [0.1, 0.15) is 41.6 Å². The SMILES string of the molecule is CCCCN(C)c1ccc(Cn2c(C)nc3ccc(C(=O)OC)nc32)c(Cl)c1. The number of pyridine rings is 1. The third kappa shape index (κ3) is 4.12. The third-order valence-electron chi connectivity index (χ3n) is 4.83. The largest absolute Gasteiger partial charge is 0.464 e. The summed E-state index contributed by atoms with van der Waals surface area (Å²) in [7, 11) is 3.42. The van der Waals surface area contributed by atoms with Crippen LogP contribution in [0.4, 0.5) is 5.69 Å². The van der Waals surface area contributed by atoms with Crippen LogP contribution in [0.25, 0.3) is 11.2 Å². The van der Waals surface area contributed by atoms with E-state index in [9.17, 15) is 4.79 Å². The number of hydrogen-bond acceptors (Lipinski definition) is 5. The molecule has 2 aromatic heterocycles. The Morgan fingerprint density at radius 3 is 2.71 bits per heavy atom. The summed E-state index contributed by atoms with van der Waals surface area (Å²) in [4.78, 5) is 23.0. The van der Waals surface area contributed by atoms with Crippen molar-refractivity contribution in [3.05, 3.63) is 52.4 Å². The van der Waals surface area contributed by atoms with Crippen molar-refractivity contribution in [3.63, 3.8) is 0 Å². The van der Waals surface area contributed by atoms with Gasteiger partial charge in [0.05, 0.1) is 13.7 Å². The Hall–Kier alpha value is -2.60. The number of fused-ring (bicyclic) bond motifs is 1. The summed E-state index contributed by atoms with van der Waals surface area (Å²) in [5, 5.41) is 0.700. The standard InChI is InChI=1S/C21H25ClN4O2/c1-5-6-11-25(3)16-8-7-15(17(22)12-16)13-26-14(2)23-18-9-10-19(21(27)28-4)24-20(18)26/h7-10,12H,5-6,11,13H2,1-4H3. The molecule has 2 heterocycles. The second-order valence-corrected chi connectivity index (χ2v) is 7.23. The topological polar surface area (TPSA) is 60.2 Å². The first-order valence-corrected chi connectivity index (χ1v) is 9.74. The van der Waals surface area contributed by atoms with Crippen molar-refractivity contribution in [2.75, 3.05) is 25.6 Å². The summed E-state index contributed by atoms with van der Waals surface area (Å²) in [5.41, 5.74) is 3.70. The zero-order valence-corrected chi connectivity index (χ0v) is 17.5.